The first-order valence-electron chi connectivity index (χ1n) is 35.1. The third kappa shape index (κ3) is 63.4. The standard InChI is InChI=1S/C71H137NO5/c1-3-5-7-9-11-13-15-17-18-19-20-21-27-30-33-36-40-43-47-51-55-59-63-69(74)68(67-73)72-70(75)64-60-56-52-48-44-41-37-34-31-28-25-23-22-24-26-29-32-35-38-42-46-50-54-58-62-66-77-71(76)65-61-57-53-49-45-39-16-14-12-10-8-6-4-2/h14,16,59,63,68-69,73-74H,3-13,15,17-58,60-62,64-67H2,1-2H3,(H,72,75)/b16-14-,63-59+. The summed E-state index contributed by atoms with van der Waals surface area (Å²) in [5, 5.41) is 23.3. The second-order valence-electron chi connectivity index (χ2n) is 24.2. The number of carbonyl (C=O) groups is 2. The zero-order chi connectivity index (χ0) is 55.7. The molecule has 0 saturated heterocycles. The van der Waals surface area contributed by atoms with Crippen molar-refractivity contribution in [3.8, 4) is 0 Å². The third-order valence-electron chi connectivity index (χ3n) is 16.5. The number of unbranched alkanes of at least 4 members (excludes halogenated alkanes) is 53. The molecule has 2 unspecified atom stereocenters. The van der Waals surface area contributed by atoms with Crippen molar-refractivity contribution in [3.63, 3.8) is 0 Å². The maximum atomic E-state index is 12.5. The Morgan fingerprint density at radius 2 is 0.610 bits per heavy atom. The Bertz CT molecular complexity index is 1200. The molecule has 2 atom stereocenters. The molecular formula is C71H137NO5. The molecule has 0 bridgehead atoms. The first kappa shape index (κ1) is 75.3. The van der Waals surface area contributed by atoms with Gasteiger partial charge >= 0.3 is 5.97 Å². The zero-order valence-corrected chi connectivity index (χ0v) is 52.2. The van der Waals surface area contributed by atoms with Gasteiger partial charge in [0.2, 0.25) is 5.91 Å². The predicted molar refractivity (Wildman–Crippen MR) is 338 cm³/mol. The summed E-state index contributed by atoms with van der Waals surface area (Å²) in [5.74, 6) is -0.0547. The Morgan fingerprint density at radius 3 is 0.935 bits per heavy atom. The number of allylic oxidation sites excluding steroid dienone is 3. The van der Waals surface area contributed by atoms with Crippen molar-refractivity contribution in [1.29, 1.82) is 0 Å². The van der Waals surface area contributed by atoms with E-state index >= 15 is 0 Å². The van der Waals surface area contributed by atoms with Gasteiger partial charge in [-0.05, 0) is 57.8 Å². The van der Waals surface area contributed by atoms with Crippen LogP contribution in [0, 0.1) is 0 Å². The van der Waals surface area contributed by atoms with Crippen molar-refractivity contribution < 1.29 is 24.5 Å². The maximum absolute atomic E-state index is 12.5. The van der Waals surface area contributed by atoms with Gasteiger partial charge in [-0.1, -0.05) is 346 Å². The van der Waals surface area contributed by atoms with E-state index in [1.165, 1.54) is 321 Å². The van der Waals surface area contributed by atoms with E-state index in [1.807, 2.05) is 6.08 Å². The van der Waals surface area contributed by atoms with Crippen LogP contribution in [0.2, 0.25) is 0 Å². The SMILES string of the molecule is CCCCCC/C=C\CCCCCCCC(=O)OCCCCCCCCCCCCCCCCCCCCCCCCCCCC(=O)NC(CO)C(O)/C=C/CCCCCCCCCCCCCCCCCCCCCC. The summed E-state index contributed by atoms with van der Waals surface area (Å²) >= 11 is 0. The van der Waals surface area contributed by atoms with Crippen LogP contribution in [0.25, 0.3) is 0 Å². The lowest BCUT2D eigenvalue weighted by atomic mass is 10.0. The van der Waals surface area contributed by atoms with E-state index in [-0.39, 0.29) is 18.5 Å². The van der Waals surface area contributed by atoms with Gasteiger partial charge < -0.3 is 20.3 Å². The molecule has 0 rings (SSSR count). The normalized spacial score (nSPS) is 12.6. The molecule has 6 heteroatoms. The zero-order valence-electron chi connectivity index (χ0n) is 52.2. The number of esters is 1. The highest BCUT2D eigenvalue weighted by molar-refractivity contribution is 5.76. The Hall–Kier alpha value is -1.66. The number of nitrogens with one attached hydrogen (secondary N) is 1. The fourth-order valence-electron chi connectivity index (χ4n) is 11.1. The van der Waals surface area contributed by atoms with Gasteiger partial charge in [0.05, 0.1) is 25.4 Å². The van der Waals surface area contributed by atoms with Crippen LogP contribution in [0.5, 0.6) is 0 Å². The molecule has 456 valence electrons. The summed E-state index contributed by atoms with van der Waals surface area (Å²) in [4.78, 5) is 24.6. The summed E-state index contributed by atoms with van der Waals surface area (Å²) in [6.07, 6.45) is 83.9. The van der Waals surface area contributed by atoms with Crippen LogP contribution in [0.1, 0.15) is 393 Å². The molecule has 77 heavy (non-hydrogen) atoms. The highest BCUT2D eigenvalue weighted by Crippen LogP contribution is 2.19. The molecule has 0 saturated carbocycles. The van der Waals surface area contributed by atoms with Gasteiger partial charge in [-0.25, -0.2) is 0 Å². The average Bonchev–Trinajstić information content (AvgIpc) is 3.43. The monoisotopic (exact) mass is 1080 g/mol. The molecule has 0 aromatic carbocycles. The minimum absolute atomic E-state index is 0.00739. The lowest BCUT2D eigenvalue weighted by Crippen LogP contribution is -2.45. The van der Waals surface area contributed by atoms with Gasteiger partial charge in [-0.2, -0.15) is 0 Å². The summed E-state index contributed by atoms with van der Waals surface area (Å²) in [7, 11) is 0. The minimum atomic E-state index is -0.844. The molecule has 0 aliphatic carbocycles. The maximum Gasteiger partial charge on any atom is 0.305 e. The first-order valence-corrected chi connectivity index (χ1v) is 35.1. The largest absolute Gasteiger partial charge is 0.466 e. The molecule has 0 radical (unpaired) electrons. The molecule has 0 heterocycles. The number of hydrogen-bond acceptors (Lipinski definition) is 5. The van der Waals surface area contributed by atoms with E-state index in [2.05, 4.69) is 31.3 Å². The minimum Gasteiger partial charge on any atom is -0.466 e. The molecule has 0 aromatic rings. The van der Waals surface area contributed by atoms with Gasteiger partial charge in [0.25, 0.3) is 0 Å². The quantitative estimate of drug-likeness (QED) is 0.0320. The average molecular weight is 1080 g/mol. The fourth-order valence-corrected chi connectivity index (χ4v) is 11.1. The molecular weight excluding hydrogens is 947 g/mol. The number of rotatable bonds is 66. The van der Waals surface area contributed by atoms with E-state index < -0.39 is 12.1 Å². The van der Waals surface area contributed by atoms with Gasteiger partial charge in [-0.3, -0.25) is 9.59 Å². The number of ether oxygens (including phenoxy) is 1. The summed E-state index contributed by atoms with van der Waals surface area (Å²) in [6, 6.07) is -0.627. The van der Waals surface area contributed by atoms with Crippen molar-refractivity contribution in [2.45, 2.75) is 405 Å². The predicted octanol–water partition coefficient (Wildman–Crippen LogP) is 22.5. The smallest absolute Gasteiger partial charge is 0.305 e. The third-order valence-corrected chi connectivity index (χ3v) is 16.5. The molecule has 6 nitrogen and oxygen atoms in total. The topological polar surface area (TPSA) is 95.9 Å². The fraction of sp³-hybridized carbons (Fsp3) is 0.915. The highest BCUT2D eigenvalue weighted by atomic mass is 16.5. The summed E-state index contributed by atoms with van der Waals surface area (Å²) < 4.78 is 5.48. The van der Waals surface area contributed by atoms with Crippen LogP contribution in [0.15, 0.2) is 24.3 Å². The van der Waals surface area contributed by atoms with Crippen molar-refractivity contribution in [2.24, 2.45) is 0 Å². The van der Waals surface area contributed by atoms with Gasteiger partial charge in [0.1, 0.15) is 0 Å². The van der Waals surface area contributed by atoms with E-state index in [9.17, 15) is 19.8 Å². The lowest BCUT2D eigenvalue weighted by Gasteiger charge is -2.20. The summed E-state index contributed by atoms with van der Waals surface area (Å²) in [5.41, 5.74) is 0. The van der Waals surface area contributed by atoms with Crippen LogP contribution >= 0.6 is 0 Å². The van der Waals surface area contributed by atoms with Crippen LogP contribution in [-0.2, 0) is 14.3 Å². The molecule has 1 amide bonds. The number of carbonyl (C=O) groups excluding carboxylic acids is 2. The molecule has 0 aliphatic heterocycles. The number of amides is 1. The molecule has 0 aromatic heterocycles. The second-order valence-corrected chi connectivity index (χ2v) is 24.2. The molecule has 0 fully saturated rings. The Kier molecular flexibility index (Phi) is 65.4. The second kappa shape index (κ2) is 66.8. The van der Waals surface area contributed by atoms with Crippen molar-refractivity contribution in [3.05, 3.63) is 24.3 Å². The Balaban J connectivity index is 3.39. The Labute approximate surface area is 481 Å². The van der Waals surface area contributed by atoms with Crippen molar-refractivity contribution >= 4 is 11.9 Å². The molecule has 0 spiro atoms. The molecule has 3 N–H and O–H groups in total. The Morgan fingerprint density at radius 1 is 0.351 bits per heavy atom. The van der Waals surface area contributed by atoms with E-state index in [4.69, 9.17) is 4.74 Å². The van der Waals surface area contributed by atoms with Crippen LogP contribution in [0.3, 0.4) is 0 Å². The van der Waals surface area contributed by atoms with Crippen LogP contribution < -0.4 is 5.32 Å². The van der Waals surface area contributed by atoms with Crippen LogP contribution in [0.4, 0.5) is 0 Å². The first-order chi connectivity index (χ1) is 38.0. The highest BCUT2D eigenvalue weighted by Gasteiger charge is 2.18. The van der Waals surface area contributed by atoms with Crippen molar-refractivity contribution in [2.75, 3.05) is 13.2 Å². The van der Waals surface area contributed by atoms with Gasteiger partial charge in [0, 0.05) is 12.8 Å². The number of aliphatic hydroxyl groups excluding tert-OH is 2. The van der Waals surface area contributed by atoms with Gasteiger partial charge in [-0.15, -0.1) is 0 Å². The van der Waals surface area contributed by atoms with Crippen LogP contribution in [-0.4, -0.2) is 47.4 Å². The van der Waals surface area contributed by atoms with E-state index in [0.29, 0.717) is 19.4 Å². The number of hydrogen-bond donors (Lipinski definition) is 3. The molecule has 0 aliphatic rings. The van der Waals surface area contributed by atoms with Crippen molar-refractivity contribution in [1.82, 2.24) is 5.32 Å². The van der Waals surface area contributed by atoms with Gasteiger partial charge in [0.15, 0.2) is 0 Å². The van der Waals surface area contributed by atoms with E-state index in [0.717, 1.165) is 44.9 Å². The van der Waals surface area contributed by atoms with E-state index in [1.54, 1.807) is 6.08 Å². The lowest BCUT2D eigenvalue weighted by molar-refractivity contribution is -0.143. The number of aliphatic hydroxyl groups is 2. The summed E-state index contributed by atoms with van der Waals surface area (Å²) in [6.45, 7) is 4.92.